The molecule has 0 amide bonds. The summed E-state index contributed by atoms with van der Waals surface area (Å²) < 4.78 is 0. The van der Waals surface area contributed by atoms with E-state index in [1.54, 1.807) is 0 Å². The summed E-state index contributed by atoms with van der Waals surface area (Å²) in [5.74, 6) is 0.637. The van der Waals surface area contributed by atoms with Gasteiger partial charge in [-0.1, -0.05) is 24.3 Å². The SMILES string of the molecule is CNC(O)N1Cc2ccccc2C1C1CCN(C)CC1. The number of fused-ring (bicyclic) bond motifs is 1. The molecule has 0 bridgehead atoms. The normalized spacial score (nSPS) is 26.6. The topological polar surface area (TPSA) is 38.7 Å². The van der Waals surface area contributed by atoms with Crippen LogP contribution in [0.15, 0.2) is 24.3 Å². The minimum atomic E-state index is -0.563. The van der Waals surface area contributed by atoms with Gasteiger partial charge in [-0.15, -0.1) is 0 Å². The van der Waals surface area contributed by atoms with Crippen molar-refractivity contribution < 1.29 is 5.11 Å². The summed E-state index contributed by atoms with van der Waals surface area (Å²) in [5, 5.41) is 13.3. The first-order valence-electron chi connectivity index (χ1n) is 7.58. The number of aliphatic hydroxyl groups excluding tert-OH is 1. The molecule has 1 aromatic carbocycles. The predicted octanol–water partition coefficient (Wildman–Crippen LogP) is 1.38. The van der Waals surface area contributed by atoms with E-state index in [0.29, 0.717) is 12.0 Å². The van der Waals surface area contributed by atoms with Gasteiger partial charge in [-0.25, -0.2) is 0 Å². The second kappa shape index (κ2) is 5.82. The highest BCUT2D eigenvalue weighted by molar-refractivity contribution is 5.34. The molecular formula is C16H25N3O. The Kier molecular flexibility index (Phi) is 4.08. The second-order valence-corrected chi connectivity index (χ2v) is 6.12. The van der Waals surface area contributed by atoms with Gasteiger partial charge in [-0.3, -0.25) is 10.2 Å². The summed E-state index contributed by atoms with van der Waals surface area (Å²) in [6.07, 6.45) is 1.86. The van der Waals surface area contributed by atoms with Crippen LogP contribution in [-0.4, -0.2) is 48.4 Å². The molecule has 110 valence electrons. The van der Waals surface area contributed by atoms with Crippen LogP contribution < -0.4 is 5.32 Å². The summed E-state index contributed by atoms with van der Waals surface area (Å²) >= 11 is 0. The third kappa shape index (κ3) is 2.49. The van der Waals surface area contributed by atoms with Gasteiger partial charge in [0, 0.05) is 12.6 Å². The lowest BCUT2D eigenvalue weighted by Gasteiger charge is -2.38. The highest BCUT2D eigenvalue weighted by atomic mass is 16.3. The van der Waals surface area contributed by atoms with Crippen LogP contribution in [0.3, 0.4) is 0 Å². The molecule has 2 heterocycles. The lowest BCUT2D eigenvalue weighted by Crippen LogP contribution is -2.46. The number of nitrogens with one attached hydrogen (secondary N) is 1. The second-order valence-electron chi connectivity index (χ2n) is 6.12. The van der Waals surface area contributed by atoms with Crippen molar-refractivity contribution in [1.29, 1.82) is 0 Å². The number of nitrogens with zero attached hydrogens (tertiary/aromatic N) is 2. The Morgan fingerprint density at radius 1 is 1.25 bits per heavy atom. The van der Waals surface area contributed by atoms with E-state index in [0.717, 1.165) is 19.6 Å². The number of piperidine rings is 1. The molecule has 20 heavy (non-hydrogen) atoms. The highest BCUT2D eigenvalue weighted by Gasteiger charge is 2.39. The maximum Gasteiger partial charge on any atom is 0.163 e. The molecule has 2 aliphatic heterocycles. The Hall–Kier alpha value is -0.940. The lowest BCUT2D eigenvalue weighted by molar-refractivity contribution is -0.0610. The summed E-state index contributed by atoms with van der Waals surface area (Å²) in [4.78, 5) is 4.61. The molecule has 1 aromatic rings. The van der Waals surface area contributed by atoms with Gasteiger partial charge in [0.15, 0.2) is 6.35 Å². The van der Waals surface area contributed by atoms with Crippen LogP contribution in [0.4, 0.5) is 0 Å². The average molecular weight is 275 g/mol. The van der Waals surface area contributed by atoms with Crippen molar-refractivity contribution in [2.45, 2.75) is 31.8 Å². The average Bonchev–Trinajstić information content (AvgIpc) is 2.87. The van der Waals surface area contributed by atoms with E-state index in [2.05, 4.69) is 46.4 Å². The standard InChI is InChI=1S/C16H25N3O/c1-17-16(20)19-11-13-5-3-4-6-14(13)15(19)12-7-9-18(2)10-8-12/h3-6,12,15-17,20H,7-11H2,1-2H3. The minimum Gasteiger partial charge on any atom is -0.365 e. The van der Waals surface area contributed by atoms with Crippen molar-refractivity contribution in [2.75, 3.05) is 27.2 Å². The van der Waals surface area contributed by atoms with Crippen LogP contribution in [0.5, 0.6) is 0 Å². The van der Waals surface area contributed by atoms with E-state index >= 15 is 0 Å². The van der Waals surface area contributed by atoms with Crippen LogP contribution in [0, 0.1) is 5.92 Å². The van der Waals surface area contributed by atoms with Crippen LogP contribution in [0.2, 0.25) is 0 Å². The van der Waals surface area contributed by atoms with Crippen molar-refractivity contribution in [3.8, 4) is 0 Å². The summed E-state index contributed by atoms with van der Waals surface area (Å²) in [5.41, 5.74) is 2.78. The Morgan fingerprint density at radius 2 is 1.95 bits per heavy atom. The highest BCUT2D eigenvalue weighted by Crippen LogP contribution is 2.42. The Morgan fingerprint density at radius 3 is 2.65 bits per heavy atom. The summed E-state index contributed by atoms with van der Waals surface area (Å²) in [7, 11) is 4.01. The maximum atomic E-state index is 10.3. The van der Waals surface area contributed by atoms with Gasteiger partial charge in [0.05, 0.1) is 0 Å². The smallest absolute Gasteiger partial charge is 0.163 e. The van der Waals surface area contributed by atoms with Crippen molar-refractivity contribution in [3.63, 3.8) is 0 Å². The maximum absolute atomic E-state index is 10.3. The Balaban J connectivity index is 1.87. The van der Waals surface area contributed by atoms with E-state index in [1.165, 1.54) is 24.0 Å². The molecule has 0 aromatic heterocycles. The molecule has 0 saturated carbocycles. The summed E-state index contributed by atoms with van der Waals surface area (Å²) in [6, 6.07) is 9.00. The first-order chi connectivity index (χ1) is 9.70. The van der Waals surface area contributed by atoms with Gasteiger partial charge < -0.3 is 10.0 Å². The fourth-order valence-electron chi connectivity index (χ4n) is 3.71. The molecule has 4 heteroatoms. The number of benzene rings is 1. The quantitative estimate of drug-likeness (QED) is 0.818. The lowest BCUT2D eigenvalue weighted by atomic mass is 9.85. The third-order valence-corrected chi connectivity index (χ3v) is 4.87. The van der Waals surface area contributed by atoms with Crippen molar-refractivity contribution in [2.24, 2.45) is 5.92 Å². The zero-order valence-corrected chi connectivity index (χ0v) is 12.4. The van der Waals surface area contributed by atoms with E-state index in [-0.39, 0.29) is 0 Å². The molecule has 0 aliphatic carbocycles. The van der Waals surface area contributed by atoms with Gasteiger partial charge in [0.1, 0.15) is 0 Å². The first kappa shape index (κ1) is 14.0. The molecule has 0 radical (unpaired) electrons. The Labute approximate surface area is 121 Å². The van der Waals surface area contributed by atoms with E-state index < -0.39 is 6.35 Å². The van der Waals surface area contributed by atoms with Gasteiger partial charge >= 0.3 is 0 Å². The fraction of sp³-hybridized carbons (Fsp3) is 0.625. The Bertz CT molecular complexity index is 457. The number of hydrogen-bond acceptors (Lipinski definition) is 4. The first-order valence-corrected chi connectivity index (χ1v) is 7.58. The van der Waals surface area contributed by atoms with Crippen LogP contribution in [-0.2, 0) is 6.54 Å². The predicted molar refractivity (Wildman–Crippen MR) is 80.0 cm³/mol. The van der Waals surface area contributed by atoms with Crippen molar-refractivity contribution in [3.05, 3.63) is 35.4 Å². The van der Waals surface area contributed by atoms with E-state index in [1.807, 2.05) is 7.05 Å². The molecule has 1 saturated heterocycles. The molecule has 2 unspecified atom stereocenters. The van der Waals surface area contributed by atoms with Gasteiger partial charge in [0.2, 0.25) is 0 Å². The largest absolute Gasteiger partial charge is 0.365 e. The van der Waals surface area contributed by atoms with Crippen LogP contribution in [0.25, 0.3) is 0 Å². The molecule has 2 aliphatic rings. The number of aliphatic hydroxyl groups is 1. The summed E-state index contributed by atoms with van der Waals surface area (Å²) in [6.45, 7) is 3.16. The molecule has 3 rings (SSSR count). The molecule has 2 N–H and O–H groups in total. The molecule has 2 atom stereocenters. The molecule has 1 fully saturated rings. The van der Waals surface area contributed by atoms with E-state index in [9.17, 15) is 5.11 Å². The van der Waals surface area contributed by atoms with Crippen LogP contribution in [0.1, 0.15) is 30.0 Å². The molecule has 4 nitrogen and oxygen atoms in total. The monoisotopic (exact) mass is 275 g/mol. The van der Waals surface area contributed by atoms with Gasteiger partial charge in [-0.05, 0) is 57.1 Å². The zero-order chi connectivity index (χ0) is 14.1. The van der Waals surface area contributed by atoms with Gasteiger partial charge in [-0.2, -0.15) is 0 Å². The number of likely N-dealkylation sites (tertiary alicyclic amines) is 1. The third-order valence-electron chi connectivity index (χ3n) is 4.87. The molecular weight excluding hydrogens is 250 g/mol. The molecule has 0 spiro atoms. The van der Waals surface area contributed by atoms with Gasteiger partial charge in [0.25, 0.3) is 0 Å². The van der Waals surface area contributed by atoms with E-state index in [4.69, 9.17) is 0 Å². The zero-order valence-electron chi connectivity index (χ0n) is 12.4. The van der Waals surface area contributed by atoms with Crippen molar-refractivity contribution in [1.82, 2.24) is 15.1 Å². The minimum absolute atomic E-state index is 0.349. The van der Waals surface area contributed by atoms with Crippen LogP contribution >= 0.6 is 0 Å². The number of hydrogen-bond donors (Lipinski definition) is 2. The fourth-order valence-corrected chi connectivity index (χ4v) is 3.71. The number of rotatable bonds is 3. The van der Waals surface area contributed by atoms with Crippen molar-refractivity contribution >= 4 is 0 Å².